The minimum absolute atomic E-state index is 0.621. The Morgan fingerprint density at radius 2 is 1.90 bits per heavy atom. The summed E-state index contributed by atoms with van der Waals surface area (Å²) >= 11 is 6.15. The fraction of sp³-hybridized carbons (Fsp3) is 0.667. The monoisotopic (exact) mass is 306 g/mol. The first kappa shape index (κ1) is 15.2. The van der Waals surface area contributed by atoms with E-state index in [4.69, 9.17) is 11.6 Å². The van der Waals surface area contributed by atoms with Crippen molar-refractivity contribution in [2.24, 2.45) is 5.92 Å². The van der Waals surface area contributed by atoms with Crippen LogP contribution in [0.4, 0.5) is 5.69 Å². The van der Waals surface area contributed by atoms with Crippen LogP contribution >= 0.6 is 11.6 Å². The SMILES string of the molecule is CC1CC(NC2CCCCC2)CN(c2cccc(Cl)c2)C1. The third-order valence-electron chi connectivity index (χ3n) is 4.91. The van der Waals surface area contributed by atoms with Gasteiger partial charge in [0.05, 0.1) is 0 Å². The summed E-state index contributed by atoms with van der Waals surface area (Å²) in [6, 6.07) is 9.65. The fourth-order valence-electron chi connectivity index (χ4n) is 3.96. The van der Waals surface area contributed by atoms with E-state index in [-0.39, 0.29) is 0 Å². The topological polar surface area (TPSA) is 15.3 Å². The van der Waals surface area contributed by atoms with Crippen LogP contribution in [0.1, 0.15) is 45.4 Å². The smallest absolute Gasteiger partial charge is 0.0426 e. The number of piperidine rings is 1. The number of halogens is 1. The van der Waals surface area contributed by atoms with Crippen LogP contribution in [0.5, 0.6) is 0 Å². The van der Waals surface area contributed by atoms with Gasteiger partial charge in [-0.1, -0.05) is 43.9 Å². The second-order valence-corrected chi connectivity index (χ2v) is 7.36. The Morgan fingerprint density at radius 3 is 2.67 bits per heavy atom. The van der Waals surface area contributed by atoms with Gasteiger partial charge in [-0.3, -0.25) is 0 Å². The number of hydrogen-bond donors (Lipinski definition) is 1. The zero-order chi connectivity index (χ0) is 14.7. The summed E-state index contributed by atoms with van der Waals surface area (Å²) in [6.07, 6.45) is 8.25. The van der Waals surface area contributed by atoms with Gasteiger partial charge in [-0.25, -0.2) is 0 Å². The molecule has 1 aliphatic heterocycles. The van der Waals surface area contributed by atoms with E-state index in [1.54, 1.807) is 0 Å². The molecule has 0 radical (unpaired) electrons. The molecule has 2 fully saturated rings. The highest BCUT2D eigenvalue weighted by atomic mass is 35.5. The average molecular weight is 307 g/mol. The van der Waals surface area contributed by atoms with Gasteiger partial charge in [0.1, 0.15) is 0 Å². The normalized spacial score (nSPS) is 27.8. The standard InChI is InChI=1S/C18H27ClN2/c1-14-10-17(20-16-7-3-2-4-8-16)13-21(12-14)18-9-5-6-15(19)11-18/h5-6,9,11,14,16-17,20H,2-4,7-8,10,12-13H2,1H3. The largest absolute Gasteiger partial charge is 0.370 e. The molecule has 21 heavy (non-hydrogen) atoms. The maximum absolute atomic E-state index is 6.15. The van der Waals surface area contributed by atoms with Crippen molar-refractivity contribution < 1.29 is 0 Å². The molecule has 2 unspecified atom stereocenters. The van der Waals surface area contributed by atoms with E-state index < -0.39 is 0 Å². The van der Waals surface area contributed by atoms with E-state index in [1.807, 2.05) is 6.07 Å². The first-order valence-corrected chi connectivity index (χ1v) is 8.85. The van der Waals surface area contributed by atoms with Gasteiger partial charge in [-0.15, -0.1) is 0 Å². The van der Waals surface area contributed by atoms with Gasteiger partial charge >= 0.3 is 0 Å². The van der Waals surface area contributed by atoms with Crippen molar-refractivity contribution in [3.63, 3.8) is 0 Å². The fourth-order valence-corrected chi connectivity index (χ4v) is 4.14. The lowest BCUT2D eigenvalue weighted by atomic mass is 9.91. The van der Waals surface area contributed by atoms with Crippen molar-refractivity contribution in [3.8, 4) is 0 Å². The summed E-state index contributed by atoms with van der Waals surface area (Å²) in [5.74, 6) is 0.735. The summed E-state index contributed by atoms with van der Waals surface area (Å²) in [4.78, 5) is 2.50. The number of rotatable bonds is 3. The van der Waals surface area contributed by atoms with E-state index in [9.17, 15) is 0 Å². The molecule has 1 N–H and O–H groups in total. The molecule has 0 bridgehead atoms. The Morgan fingerprint density at radius 1 is 1.10 bits per heavy atom. The summed E-state index contributed by atoms with van der Waals surface area (Å²) in [7, 11) is 0. The third kappa shape index (κ3) is 4.14. The predicted molar refractivity (Wildman–Crippen MR) is 91.2 cm³/mol. The van der Waals surface area contributed by atoms with Gasteiger partial charge in [-0.2, -0.15) is 0 Å². The Hall–Kier alpha value is -0.730. The number of nitrogens with zero attached hydrogens (tertiary/aromatic N) is 1. The quantitative estimate of drug-likeness (QED) is 0.886. The van der Waals surface area contributed by atoms with Gasteiger partial charge in [0, 0.05) is 35.9 Å². The zero-order valence-corrected chi connectivity index (χ0v) is 13.8. The van der Waals surface area contributed by atoms with E-state index in [0.29, 0.717) is 6.04 Å². The van der Waals surface area contributed by atoms with Crippen LogP contribution in [0.3, 0.4) is 0 Å². The molecule has 0 spiro atoms. The molecule has 2 nitrogen and oxygen atoms in total. The molecule has 3 rings (SSSR count). The first-order chi connectivity index (χ1) is 10.2. The van der Waals surface area contributed by atoms with Crippen LogP contribution < -0.4 is 10.2 Å². The highest BCUT2D eigenvalue weighted by Gasteiger charge is 2.27. The average Bonchev–Trinajstić information content (AvgIpc) is 2.48. The second kappa shape index (κ2) is 7.02. The molecule has 2 atom stereocenters. The number of benzene rings is 1. The zero-order valence-electron chi connectivity index (χ0n) is 13.0. The Labute approximate surface area is 133 Å². The van der Waals surface area contributed by atoms with Crippen LogP contribution in [0, 0.1) is 5.92 Å². The maximum Gasteiger partial charge on any atom is 0.0426 e. The van der Waals surface area contributed by atoms with Crippen LogP contribution in [0.25, 0.3) is 0 Å². The van der Waals surface area contributed by atoms with Crippen molar-refractivity contribution in [1.29, 1.82) is 0 Å². The summed E-state index contributed by atoms with van der Waals surface area (Å²) < 4.78 is 0. The molecule has 1 aliphatic carbocycles. The molecule has 1 heterocycles. The Balaban J connectivity index is 1.63. The van der Waals surface area contributed by atoms with E-state index in [1.165, 1.54) is 44.2 Å². The predicted octanol–water partition coefficient (Wildman–Crippen LogP) is 4.48. The minimum atomic E-state index is 0.621. The van der Waals surface area contributed by atoms with Crippen LogP contribution in [-0.4, -0.2) is 25.2 Å². The number of nitrogens with one attached hydrogen (secondary N) is 1. The Kier molecular flexibility index (Phi) is 5.07. The van der Waals surface area contributed by atoms with Crippen molar-refractivity contribution in [3.05, 3.63) is 29.3 Å². The molecule has 2 aliphatic rings. The molecule has 116 valence electrons. The molecule has 0 aromatic heterocycles. The van der Waals surface area contributed by atoms with Crippen molar-refractivity contribution >= 4 is 17.3 Å². The molecular weight excluding hydrogens is 280 g/mol. The van der Waals surface area contributed by atoms with Crippen LogP contribution in [0.2, 0.25) is 5.02 Å². The van der Waals surface area contributed by atoms with Gasteiger partial charge < -0.3 is 10.2 Å². The second-order valence-electron chi connectivity index (χ2n) is 6.92. The minimum Gasteiger partial charge on any atom is -0.370 e. The summed E-state index contributed by atoms with van der Waals surface area (Å²) in [5.41, 5.74) is 1.27. The molecular formula is C18H27ClN2. The van der Waals surface area contributed by atoms with E-state index in [2.05, 4.69) is 35.3 Å². The van der Waals surface area contributed by atoms with E-state index in [0.717, 1.165) is 30.1 Å². The van der Waals surface area contributed by atoms with Gasteiger partial charge in [0.25, 0.3) is 0 Å². The van der Waals surface area contributed by atoms with Gasteiger partial charge in [-0.05, 0) is 43.4 Å². The summed E-state index contributed by atoms with van der Waals surface area (Å²) in [5, 5.41) is 4.76. The number of hydrogen-bond acceptors (Lipinski definition) is 2. The maximum atomic E-state index is 6.15. The lowest BCUT2D eigenvalue weighted by Gasteiger charge is -2.40. The van der Waals surface area contributed by atoms with Gasteiger partial charge in [0.15, 0.2) is 0 Å². The molecule has 1 saturated heterocycles. The molecule has 0 amide bonds. The lowest BCUT2D eigenvalue weighted by Crippen LogP contribution is -2.52. The van der Waals surface area contributed by atoms with Gasteiger partial charge in [0.2, 0.25) is 0 Å². The van der Waals surface area contributed by atoms with E-state index >= 15 is 0 Å². The highest BCUT2D eigenvalue weighted by Crippen LogP contribution is 2.26. The van der Waals surface area contributed by atoms with Crippen molar-refractivity contribution in [1.82, 2.24) is 5.32 Å². The van der Waals surface area contributed by atoms with Crippen LogP contribution in [0.15, 0.2) is 24.3 Å². The molecule has 1 aromatic carbocycles. The molecule has 1 aromatic rings. The van der Waals surface area contributed by atoms with Crippen molar-refractivity contribution in [2.75, 3.05) is 18.0 Å². The lowest BCUT2D eigenvalue weighted by molar-refractivity contribution is 0.285. The highest BCUT2D eigenvalue weighted by molar-refractivity contribution is 6.30. The summed E-state index contributed by atoms with van der Waals surface area (Å²) in [6.45, 7) is 4.62. The van der Waals surface area contributed by atoms with Crippen molar-refractivity contribution in [2.45, 2.75) is 57.5 Å². The third-order valence-corrected chi connectivity index (χ3v) is 5.14. The Bertz CT molecular complexity index is 456. The number of anilines is 1. The first-order valence-electron chi connectivity index (χ1n) is 8.47. The van der Waals surface area contributed by atoms with Crippen LogP contribution in [-0.2, 0) is 0 Å². The molecule has 1 saturated carbocycles. The molecule has 3 heteroatoms.